The lowest BCUT2D eigenvalue weighted by atomic mass is 10.1. The molecule has 160 valence electrons. The first-order valence-corrected chi connectivity index (χ1v) is 10.9. The van der Waals surface area contributed by atoms with Crippen LogP contribution in [-0.2, 0) is 22.4 Å². The predicted octanol–water partition coefficient (Wildman–Crippen LogP) is 5.92. The van der Waals surface area contributed by atoms with Crippen molar-refractivity contribution in [1.82, 2.24) is 0 Å². The molecular formula is C27H30N2O2. The van der Waals surface area contributed by atoms with Gasteiger partial charge in [-0.25, -0.2) is 0 Å². The molecule has 3 aromatic rings. The van der Waals surface area contributed by atoms with E-state index < -0.39 is 0 Å². The normalized spacial score (nSPS) is 10.5. The number of hydrogen-bond acceptors (Lipinski definition) is 2. The predicted molar refractivity (Wildman–Crippen MR) is 127 cm³/mol. The summed E-state index contributed by atoms with van der Waals surface area (Å²) >= 11 is 0. The molecule has 0 aliphatic heterocycles. The molecule has 0 aliphatic carbocycles. The molecule has 0 atom stereocenters. The molecule has 0 bridgehead atoms. The maximum Gasteiger partial charge on any atom is 0.224 e. The second-order valence-electron chi connectivity index (χ2n) is 7.75. The summed E-state index contributed by atoms with van der Waals surface area (Å²) in [6.45, 7) is 1.92. The average molecular weight is 415 g/mol. The Morgan fingerprint density at radius 1 is 0.613 bits per heavy atom. The van der Waals surface area contributed by atoms with E-state index in [4.69, 9.17) is 0 Å². The van der Waals surface area contributed by atoms with Crippen LogP contribution in [0.4, 0.5) is 11.4 Å². The van der Waals surface area contributed by atoms with Gasteiger partial charge in [-0.2, -0.15) is 0 Å². The Labute approximate surface area is 184 Å². The minimum atomic E-state index is -0.00892. The highest BCUT2D eigenvalue weighted by Gasteiger charge is 2.10. The van der Waals surface area contributed by atoms with Gasteiger partial charge in [-0.3, -0.25) is 9.59 Å². The summed E-state index contributed by atoms with van der Waals surface area (Å²) in [5, 5.41) is 5.97. The monoisotopic (exact) mass is 414 g/mol. The van der Waals surface area contributed by atoms with Crippen LogP contribution in [0.15, 0.2) is 78.9 Å². The van der Waals surface area contributed by atoms with Crippen LogP contribution in [0.5, 0.6) is 0 Å². The molecule has 0 aromatic heterocycles. The molecule has 0 radical (unpaired) electrons. The maximum atomic E-state index is 12.4. The zero-order valence-corrected chi connectivity index (χ0v) is 18.1. The summed E-state index contributed by atoms with van der Waals surface area (Å²) in [6, 6.07) is 25.9. The number of rotatable bonds is 10. The summed E-state index contributed by atoms with van der Waals surface area (Å²) in [4.78, 5) is 24.7. The summed E-state index contributed by atoms with van der Waals surface area (Å²) in [7, 11) is 0. The van der Waals surface area contributed by atoms with Crippen molar-refractivity contribution < 1.29 is 9.59 Å². The number of nitrogens with one attached hydrogen (secondary N) is 2. The average Bonchev–Trinajstić information content (AvgIpc) is 2.78. The number of amides is 2. The van der Waals surface area contributed by atoms with Gasteiger partial charge in [0.15, 0.2) is 0 Å². The second-order valence-corrected chi connectivity index (χ2v) is 7.75. The fourth-order valence-corrected chi connectivity index (χ4v) is 3.53. The van der Waals surface area contributed by atoms with Crippen molar-refractivity contribution in [3.8, 4) is 0 Å². The van der Waals surface area contributed by atoms with Crippen LogP contribution >= 0.6 is 0 Å². The standard InChI is InChI=1S/C27H30N2O2/c1-21-24(28-26(30)19-8-15-22-11-4-2-5-12-22)17-10-18-25(21)29-27(31)20-9-16-23-13-6-3-7-14-23/h2-7,10-14,17-18H,8-9,15-16,19-20H2,1H3,(H,28,30)(H,29,31). The van der Waals surface area contributed by atoms with E-state index in [-0.39, 0.29) is 11.8 Å². The van der Waals surface area contributed by atoms with Crippen LogP contribution < -0.4 is 10.6 Å². The van der Waals surface area contributed by atoms with Gasteiger partial charge < -0.3 is 10.6 Å². The van der Waals surface area contributed by atoms with Crippen molar-refractivity contribution in [1.29, 1.82) is 0 Å². The van der Waals surface area contributed by atoms with Crippen LogP contribution in [0.2, 0.25) is 0 Å². The van der Waals surface area contributed by atoms with Crippen molar-refractivity contribution in [2.75, 3.05) is 10.6 Å². The van der Waals surface area contributed by atoms with Crippen molar-refractivity contribution in [3.05, 3.63) is 95.6 Å². The van der Waals surface area contributed by atoms with Gasteiger partial charge in [-0.1, -0.05) is 66.7 Å². The summed E-state index contributed by atoms with van der Waals surface area (Å²) in [5.74, 6) is -0.0178. The zero-order chi connectivity index (χ0) is 21.9. The molecule has 2 amide bonds. The van der Waals surface area contributed by atoms with Crippen LogP contribution in [0.1, 0.15) is 42.4 Å². The third-order valence-electron chi connectivity index (χ3n) is 5.31. The van der Waals surface area contributed by atoms with E-state index in [1.807, 2.05) is 61.5 Å². The summed E-state index contributed by atoms with van der Waals surface area (Å²) < 4.78 is 0. The first-order chi connectivity index (χ1) is 15.1. The van der Waals surface area contributed by atoms with Crippen molar-refractivity contribution in [2.45, 2.75) is 45.4 Å². The second kappa shape index (κ2) is 11.7. The molecule has 0 spiro atoms. The van der Waals surface area contributed by atoms with E-state index in [1.165, 1.54) is 11.1 Å². The number of hydrogen-bond donors (Lipinski definition) is 2. The number of carbonyl (C=O) groups is 2. The molecular weight excluding hydrogens is 384 g/mol. The Kier molecular flexibility index (Phi) is 8.41. The number of benzene rings is 3. The summed E-state index contributed by atoms with van der Waals surface area (Å²) in [5.41, 5.74) is 4.83. The van der Waals surface area contributed by atoms with Crippen LogP contribution in [-0.4, -0.2) is 11.8 Å². The molecule has 4 nitrogen and oxygen atoms in total. The van der Waals surface area contributed by atoms with E-state index in [2.05, 4.69) is 34.9 Å². The van der Waals surface area contributed by atoms with E-state index >= 15 is 0 Å². The smallest absolute Gasteiger partial charge is 0.224 e. The fourth-order valence-electron chi connectivity index (χ4n) is 3.53. The Balaban J connectivity index is 1.46. The molecule has 0 fully saturated rings. The van der Waals surface area contributed by atoms with Gasteiger partial charge in [-0.05, 0) is 61.4 Å². The maximum absolute atomic E-state index is 12.4. The van der Waals surface area contributed by atoms with E-state index in [1.54, 1.807) is 0 Å². The van der Waals surface area contributed by atoms with Gasteiger partial charge >= 0.3 is 0 Å². The van der Waals surface area contributed by atoms with E-state index in [0.29, 0.717) is 12.8 Å². The van der Waals surface area contributed by atoms with Gasteiger partial charge in [0, 0.05) is 24.2 Å². The van der Waals surface area contributed by atoms with Crippen molar-refractivity contribution in [2.24, 2.45) is 0 Å². The lowest BCUT2D eigenvalue weighted by Crippen LogP contribution is -2.15. The first kappa shape index (κ1) is 22.3. The van der Waals surface area contributed by atoms with E-state index in [9.17, 15) is 9.59 Å². The lowest BCUT2D eigenvalue weighted by molar-refractivity contribution is -0.117. The van der Waals surface area contributed by atoms with Gasteiger partial charge in [-0.15, -0.1) is 0 Å². The Morgan fingerprint density at radius 3 is 1.45 bits per heavy atom. The molecule has 4 heteroatoms. The quantitative estimate of drug-likeness (QED) is 0.433. The number of anilines is 2. The van der Waals surface area contributed by atoms with Crippen LogP contribution in [0.3, 0.4) is 0 Å². The Hall–Kier alpha value is -3.40. The molecule has 31 heavy (non-hydrogen) atoms. The third-order valence-corrected chi connectivity index (χ3v) is 5.31. The SMILES string of the molecule is Cc1c(NC(=O)CCCc2ccccc2)cccc1NC(=O)CCCc1ccccc1. The topological polar surface area (TPSA) is 58.2 Å². The molecule has 3 aromatic carbocycles. The minimum Gasteiger partial charge on any atom is -0.326 e. The largest absolute Gasteiger partial charge is 0.326 e. The van der Waals surface area contributed by atoms with Gasteiger partial charge in [0.2, 0.25) is 11.8 Å². The molecule has 0 saturated carbocycles. The molecule has 2 N–H and O–H groups in total. The minimum absolute atomic E-state index is 0.00892. The lowest BCUT2D eigenvalue weighted by Gasteiger charge is -2.13. The summed E-state index contributed by atoms with van der Waals surface area (Å²) in [6.07, 6.45) is 4.28. The van der Waals surface area contributed by atoms with Crippen molar-refractivity contribution >= 4 is 23.2 Å². The van der Waals surface area contributed by atoms with Crippen LogP contribution in [0.25, 0.3) is 0 Å². The van der Waals surface area contributed by atoms with Crippen LogP contribution in [0, 0.1) is 6.92 Å². The fraction of sp³-hybridized carbons (Fsp3) is 0.259. The first-order valence-electron chi connectivity index (χ1n) is 10.9. The highest BCUT2D eigenvalue weighted by atomic mass is 16.2. The van der Waals surface area contributed by atoms with Crippen molar-refractivity contribution in [3.63, 3.8) is 0 Å². The van der Waals surface area contributed by atoms with Gasteiger partial charge in [0.05, 0.1) is 0 Å². The molecule has 0 aliphatic rings. The molecule has 0 heterocycles. The molecule has 0 saturated heterocycles. The number of carbonyl (C=O) groups excluding carboxylic acids is 2. The highest BCUT2D eigenvalue weighted by molar-refractivity contribution is 5.95. The van der Waals surface area contributed by atoms with Gasteiger partial charge in [0.1, 0.15) is 0 Å². The van der Waals surface area contributed by atoms with E-state index in [0.717, 1.165) is 42.6 Å². The van der Waals surface area contributed by atoms with Gasteiger partial charge in [0.25, 0.3) is 0 Å². The highest BCUT2D eigenvalue weighted by Crippen LogP contribution is 2.24. The molecule has 3 rings (SSSR count). The Bertz CT molecular complexity index is 907. The number of aryl methyl sites for hydroxylation is 2. The third kappa shape index (κ3) is 7.41. The zero-order valence-electron chi connectivity index (χ0n) is 18.1. The molecule has 0 unspecified atom stereocenters. The Morgan fingerprint density at radius 2 is 1.03 bits per heavy atom.